The third-order valence-electron chi connectivity index (χ3n) is 1.77. The molecule has 0 saturated heterocycles. The third-order valence-corrected chi connectivity index (χ3v) is 4.14. The van der Waals surface area contributed by atoms with Crippen LogP contribution in [0.5, 0.6) is 5.75 Å². The van der Waals surface area contributed by atoms with Gasteiger partial charge in [0.25, 0.3) is 0 Å². The molecule has 4 nitrogen and oxygen atoms in total. The third kappa shape index (κ3) is 2.36. The van der Waals surface area contributed by atoms with Crippen molar-refractivity contribution in [2.45, 2.75) is 4.90 Å². The summed E-state index contributed by atoms with van der Waals surface area (Å²) in [7, 11) is -0.800. The standard InChI is InChI=1S/C8H9Cl2NO3S/c1-11(2)15(13,14)5-3-6(9)8(12)7(10)4-5/h3-4,12H,1-2H3. The fourth-order valence-corrected chi connectivity index (χ4v) is 2.47. The molecule has 7 heteroatoms. The van der Waals surface area contributed by atoms with Gasteiger partial charge in [-0.25, -0.2) is 12.7 Å². The fraction of sp³-hybridized carbons (Fsp3) is 0.250. The molecular weight excluding hydrogens is 261 g/mol. The lowest BCUT2D eigenvalue weighted by molar-refractivity contribution is 0.475. The van der Waals surface area contributed by atoms with E-state index in [2.05, 4.69) is 0 Å². The predicted molar refractivity (Wildman–Crippen MR) is 59.0 cm³/mol. The zero-order valence-corrected chi connectivity index (χ0v) is 10.4. The molecule has 1 aromatic rings. The van der Waals surface area contributed by atoms with Crippen molar-refractivity contribution in [3.05, 3.63) is 22.2 Å². The van der Waals surface area contributed by atoms with Crippen molar-refractivity contribution in [1.29, 1.82) is 0 Å². The Kier molecular flexibility index (Phi) is 3.50. The van der Waals surface area contributed by atoms with E-state index in [1.165, 1.54) is 14.1 Å². The molecule has 0 amide bonds. The first-order valence-corrected chi connectivity index (χ1v) is 6.07. The molecule has 1 rings (SSSR count). The van der Waals surface area contributed by atoms with Crippen molar-refractivity contribution in [2.75, 3.05) is 14.1 Å². The molecule has 0 aliphatic heterocycles. The number of benzene rings is 1. The van der Waals surface area contributed by atoms with Gasteiger partial charge in [-0.15, -0.1) is 0 Å². The van der Waals surface area contributed by atoms with Crippen LogP contribution in [0.3, 0.4) is 0 Å². The Morgan fingerprint density at radius 2 is 1.60 bits per heavy atom. The van der Waals surface area contributed by atoms with Crippen LogP contribution in [0.1, 0.15) is 0 Å². The summed E-state index contributed by atoms with van der Waals surface area (Å²) in [4.78, 5) is -0.0553. The van der Waals surface area contributed by atoms with Gasteiger partial charge in [-0.3, -0.25) is 0 Å². The second-order valence-electron chi connectivity index (χ2n) is 3.02. The largest absolute Gasteiger partial charge is 0.505 e. The van der Waals surface area contributed by atoms with Crippen LogP contribution in [0.15, 0.2) is 17.0 Å². The zero-order chi connectivity index (χ0) is 11.8. The average molecular weight is 270 g/mol. The number of sulfonamides is 1. The topological polar surface area (TPSA) is 57.6 Å². The summed E-state index contributed by atoms with van der Waals surface area (Å²) >= 11 is 11.2. The summed E-state index contributed by atoms with van der Waals surface area (Å²) in [5.41, 5.74) is 0. The van der Waals surface area contributed by atoms with E-state index in [0.717, 1.165) is 16.4 Å². The highest BCUT2D eigenvalue weighted by Gasteiger charge is 2.20. The Labute approximate surface area is 98.1 Å². The van der Waals surface area contributed by atoms with E-state index < -0.39 is 10.0 Å². The Hall–Kier alpha value is -0.490. The predicted octanol–water partition coefficient (Wildman–Crippen LogP) is 1.95. The highest BCUT2D eigenvalue weighted by Crippen LogP contribution is 2.34. The number of aromatic hydroxyl groups is 1. The van der Waals surface area contributed by atoms with Crippen molar-refractivity contribution in [2.24, 2.45) is 0 Å². The van der Waals surface area contributed by atoms with E-state index in [-0.39, 0.29) is 20.7 Å². The van der Waals surface area contributed by atoms with Crippen LogP contribution in [0, 0.1) is 0 Å². The molecule has 0 saturated carbocycles. The van der Waals surface area contributed by atoms with Crippen molar-refractivity contribution in [3.63, 3.8) is 0 Å². The van der Waals surface area contributed by atoms with E-state index >= 15 is 0 Å². The second kappa shape index (κ2) is 4.17. The van der Waals surface area contributed by atoms with Crippen LogP contribution in [0.2, 0.25) is 10.0 Å². The Morgan fingerprint density at radius 1 is 1.20 bits per heavy atom. The van der Waals surface area contributed by atoms with Gasteiger partial charge in [-0.05, 0) is 12.1 Å². The van der Waals surface area contributed by atoms with Crippen LogP contribution in [-0.4, -0.2) is 31.9 Å². The minimum absolute atomic E-state index is 0.0553. The van der Waals surface area contributed by atoms with Gasteiger partial charge in [0.2, 0.25) is 10.0 Å². The molecule has 0 fully saturated rings. The first-order valence-electron chi connectivity index (χ1n) is 3.87. The van der Waals surface area contributed by atoms with Gasteiger partial charge in [-0.1, -0.05) is 23.2 Å². The minimum Gasteiger partial charge on any atom is -0.505 e. The Morgan fingerprint density at radius 3 is 1.93 bits per heavy atom. The van der Waals surface area contributed by atoms with E-state index in [4.69, 9.17) is 23.2 Å². The summed E-state index contributed by atoms with van der Waals surface area (Å²) in [5, 5.41) is 9.07. The van der Waals surface area contributed by atoms with Crippen molar-refractivity contribution in [3.8, 4) is 5.75 Å². The number of phenolic OH excluding ortho intramolecular Hbond substituents is 1. The molecule has 0 unspecified atom stereocenters. The highest BCUT2D eigenvalue weighted by atomic mass is 35.5. The molecule has 0 aliphatic rings. The van der Waals surface area contributed by atoms with Crippen LogP contribution < -0.4 is 0 Å². The first kappa shape index (κ1) is 12.6. The molecule has 15 heavy (non-hydrogen) atoms. The molecule has 0 bridgehead atoms. The van der Waals surface area contributed by atoms with Gasteiger partial charge in [0.05, 0.1) is 14.9 Å². The van der Waals surface area contributed by atoms with Crippen LogP contribution in [-0.2, 0) is 10.0 Å². The molecule has 1 N–H and O–H groups in total. The van der Waals surface area contributed by atoms with E-state index in [0.29, 0.717) is 0 Å². The maximum absolute atomic E-state index is 11.7. The lowest BCUT2D eigenvalue weighted by atomic mass is 10.3. The average Bonchev–Trinajstić information content (AvgIpc) is 2.13. The Bertz CT molecular complexity index is 462. The van der Waals surface area contributed by atoms with Gasteiger partial charge in [-0.2, -0.15) is 0 Å². The zero-order valence-electron chi connectivity index (χ0n) is 8.03. The van der Waals surface area contributed by atoms with E-state index in [1.807, 2.05) is 0 Å². The molecule has 0 atom stereocenters. The van der Waals surface area contributed by atoms with Crippen LogP contribution >= 0.6 is 23.2 Å². The van der Waals surface area contributed by atoms with E-state index in [1.54, 1.807) is 0 Å². The number of rotatable bonds is 2. The molecular formula is C8H9Cl2NO3S. The fourth-order valence-electron chi connectivity index (χ4n) is 0.902. The number of halogens is 2. The molecule has 1 aromatic carbocycles. The summed E-state index contributed by atoms with van der Waals surface area (Å²) in [6.07, 6.45) is 0. The van der Waals surface area contributed by atoms with Gasteiger partial charge >= 0.3 is 0 Å². The SMILES string of the molecule is CN(C)S(=O)(=O)c1cc(Cl)c(O)c(Cl)c1. The number of nitrogens with zero attached hydrogens (tertiary/aromatic N) is 1. The lowest BCUT2D eigenvalue weighted by Gasteiger charge is -2.12. The molecule has 0 radical (unpaired) electrons. The second-order valence-corrected chi connectivity index (χ2v) is 5.99. The maximum atomic E-state index is 11.7. The van der Waals surface area contributed by atoms with Crippen LogP contribution in [0.25, 0.3) is 0 Å². The lowest BCUT2D eigenvalue weighted by Crippen LogP contribution is -2.22. The van der Waals surface area contributed by atoms with Crippen molar-refractivity contribution < 1.29 is 13.5 Å². The molecule has 0 aromatic heterocycles. The monoisotopic (exact) mass is 269 g/mol. The molecule has 0 aliphatic carbocycles. The number of hydrogen-bond acceptors (Lipinski definition) is 3. The van der Waals surface area contributed by atoms with Gasteiger partial charge in [0.1, 0.15) is 0 Å². The Balaban J connectivity index is 3.42. The smallest absolute Gasteiger partial charge is 0.242 e. The summed E-state index contributed by atoms with van der Waals surface area (Å²) < 4.78 is 24.4. The van der Waals surface area contributed by atoms with E-state index in [9.17, 15) is 13.5 Å². The van der Waals surface area contributed by atoms with Gasteiger partial charge < -0.3 is 5.11 Å². The normalized spacial score (nSPS) is 12.1. The van der Waals surface area contributed by atoms with Crippen molar-refractivity contribution in [1.82, 2.24) is 4.31 Å². The van der Waals surface area contributed by atoms with Crippen molar-refractivity contribution >= 4 is 33.2 Å². The van der Waals surface area contributed by atoms with Gasteiger partial charge in [0, 0.05) is 14.1 Å². The molecule has 84 valence electrons. The maximum Gasteiger partial charge on any atom is 0.242 e. The summed E-state index contributed by atoms with van der Waals surface area (Å²) in [6.45, 7) is 0. The highest BCUT2D eigenvalue weighted by molar-refractivity contribution is 7.89. The number of hydrogen-bond donors (Lipinski definition) is 1. The minimum atomic E-state index is -3.59. The van der Waals surface area contributed by atoms with Gasteiger partial charge in [0.15, 0.2) is 5.75 Å². The first-order chi connectivity index (χ1) is 6.76. The number of phenols is 1. The summed E-state index contributed by atoms with van der Waals surface area (Å²) in [6, 6.07) is 2.30. The van der Waals surface area contributed by atoms with Crippen LogP contribution in [0.4, 0.5) is 0 Å². The summed E-state index contributed by atoms with van der Waals surface area (Å²) in [5.74, 6) is -0.323. The molecule has 0 heterocycles. The molecule has 0 spiro atoms. The quantitative estimate of drug-likeness (QED) is 0.893.